The number of anilines is 2. The van der Waals surface area contributed by atoms with E-state index in [4.69, 9.17) is 4.74 Å². The van der Waals surface area contributed by atoms with Crippen LogP contribution in [0.1, 0.15) is 50.5 Å². The summed E-state index contributed by atoms with van der Waals surface area (Å²) in [7, 11) is 0. The molecule has 3 rings (SSSR count). The van der Waals surface area contributed by atoms with Crippen molar-refractivity contribution in [3.8, 4) is 0 Å². The lowest BCUT2D eigenvalue weighted by atomic mass is 10.1. The number of hydrogen-bond acceptors (Lipinski definition) is 3. The SMILES string of the molecule is O=C(CCC1CCCO1)Nc1cc(C(F)(F)F)ccc1N1CCCCC1. The topological polar surface area (TPSA) is 41.6 Å². The summed E-state index contributed by atoms with van der Waals surface area (Å²) in [4.78, 5) is 14.4. The smallest absolute Gasteiger partial charge is 0.378 e. The number of nitrogens with one attached hydrogen (secondary N) is 1. The Kier molecular flexibility index (Phi) is 6.06. The van der Waals surface area contributed by atoms with E-state index in [9.17, 15) is 18.0 Å². The molecule has 2 aliphatic rings. The van der Waals surface area contributed by atoms with Gasteiger partial charge in [0, 0.05) is 26.1 Å². The van der Waals surface area contributed by atoms with Crippen molar-refractivity contribution in [2.45, 2.75) is 57.2 Å². The van der Waals surface area contributed by atoms with Gasteiger partial charge in [-0.1, -0.05) is 0 Å². The van der Waals surface area contributed by atoms with Gasteiger partial charge in [-0.3, -0.25) is 4.79 Å². The largest absolute Gasteiger partial charge is 0.416 e. The second-order valence-electron chi connectivity index (χ2n) is 7.00. The molecule has 0 bridgehead atoms. The van der Waals surface area contributed by atoms with Gasteiger partial charge in [-0.25, -0.2) is 0 Å². The van der Waals surface area contributed by atoms with E-state index in [1.165, 1.54) is 6.07 Å². The molecule has 2 saturated heterocycles. The zero-order chi connectivity index (χ0) is 18.6. The van der Waals surface area contributed by atoms with Crippen molar-refractivity contribution in [1.29, 1.82) is 0 Å². The van der Waals surface area contributed by atoms with E-state index in [2.05, 4.69) is 10.2 Å². The third-order valence-electron chi connectivity index (χ3n) is 5.01. The van der Waals surface area contributed by atoms with Crippen LogP contribution in [0.3, 0.4) is 0 Å². The van der Waals surface area contributed by atoms with Crippen molar-refractivity contribution in [3.63, 3.8) is 0 Å². The highest BCUT2D eigenvalue weighted by Crippen LogP contribution is 2.36. The van der Waals surface area contributed by atoms with Crippen molar-refractivity contribution >= 4 is 17.3 Å². The molecule has 26 heavy (non-hydrogen) atoms. The molecule has 2 fully saturated rings. The Morgan fingerprint density at radius 2 is 1.96 bits per heavy atom. The van der Waals surface area contributed by atoms with Gasteiger partial charge < -0.3 is 15.0 Å². The molecule has 0 aromatic heterocycles. The standard InChI is InChI=1S/C19H25F3N2O2/c20-19(21,22)14-6-8-17(24-10-2-1-3-11-24)16(13-14)23-18(25)9-7-15-5-4-12-26-15/h6,8,13,15H,1-5,7,9-12H2,(H,23,25). The maximum atomic E-state index is 13.1. The van der Waals surface area contributed by atoms with Crippen LogP contribution in [0.2, 0.25) is 0 Å². The summed E-state index contributed by atoms with van der Waals surface area (Å²) < 4.78 is 44.8. The highest BCUT2D eigenvalue weighted by Gasteiger charge is 2.32. The number of amides is 1. The van der Waals surface area contributed by atoms with E-state index >= 15 is 0 Å². The van der Waals surface area contributed by atoms with E-state index in [1.54, 1.807) is 0 Å². The van der Waals surface area contributed by atoms with Gasteiger partial charge in [0.2, 0.25) is 5.91 Å². The van der Waals surface area contributed by atoms with Crippen LogP contribution in [0.5, 0.6) is 0 Å². The summed E-state index contributed by atoms with van der Waals surface area (Å²) in [6.45, 7) is 2.31. The monoisotopic (exact) mass is 370 g/mol. The molecule has 4 nitrogen and oxygen atoms in total. The lowest BCUT2D eigenvalue weighted by molar-refractivity contribution is -0.137. The lowest BCUT2D eigenvalue weighted by Gasteiger charge is -2.31. The first-order valence-electron chi connectivity index (χ1n) is 9.31. The fraction of sp³-hybridized carbons (Fsp3) is 0.632. The zero-order valence-electron chi connectivity index (χ0n) is 14.8. The zero-order valence-corrected chi connectivity index (χ0v) is 14.8. The van der Waals surface area contributed by atoms with Crippen LogP contribution in [0, 0.1) is 0 Å². The molecule has 1 aromatic rings. The molecule has 0 radical (unpaired) electrons. The first kappa shape index (κ1) is 19.0. The lowest BCUT2D eigenvalue weighted by Crippen LogP contribution is -2.30. The van der Waals surface area contributed by atoms with Gasteiger partial charge in [-0.15, -0.1) is 0 Å². The van der Waals surface area contributed by atoms with Crippen molar-refractivity contribution in [1.82, 2.24) is 0 Å². The summed E-state index contributed by atoms with van der Waals surface area (Å²) in [6.07, 6.45) is 1.58. The Hall–Kier alpha value is -1.76. The Balaban J connectivity index is 1.73. The number of benzene rings is 1. The molecule has 1 N–H and O–H groups in total. The maximum Gasteiger partial charge on any atom is 0.416 e. The van der Waals surface area contributed by atoms with Gasteiger partial charge in [-0.05, 0) is 56.7 Å². The minimum atomic E-state index is -4.43. The molecule has 2 aliphatic heterocycles. The Morgan fingerprint density at radius 3 is 2.62 bits per heavy atom. The molecule has 7 heteroatoms. The first-order valence-corrected chi connectivity index (χ1v) is 9.31. The number of alkyl halides is 3. The number of hydrogen-bond donors (Lipinski definition) is 1. The molecule has 0 spiro atoms. The van der Waals surface area contributed by atoms with E-state index in [1.807, 2.05) is 0 Å². The fourth-order valence-electron chi connectivity index (χ4n) is 3.60. The van der Waals surface area contributed by atoms with Crippen molar-refractivity contribution in [2.24, 2.45) is 0 Å². The number of nitrogens with zero attached hydrogens (tertiary/aromatic N) is 1. The molecule has 1 unspecified atom stereocenters. The van der Waals surface area contributed by atoms with Crippen LogP contribution in [0.4, 0.5) is 24.5 Å². The quantitative estimate of drug-likeness (QED) is 0.824. The molecule has 0 aliphatic carbocycles. The summed E-state index contributed by atoms with van der Waals surface area (Å²) in [5.41, 5.74) is 0.176. The third-order valence-corrected chi connectivity index (χ3v) is 5.01. The second-order valence-corrected chi connectivity index (χ2v) is 7.00. The molecule has 1 atom stereocenters. The van der Waals surface area contributed by atoms with Gasteiger partial charge >= 0.3 is 6.18 Å². The summed E-state index contributed by atoms with van der Waals surface area (Å²) in [5, 5.41) is 2.71. The van der Waals surface area contributed by atoms with Crippen molar-refractivity contribution in [2.75, 3.05) is 29.9 Å². The van der Waals surface area contributed by atoms with Crippen LogP contribution in [0.25, 0.3) is 0 Å². The highest BCUT2D eigenvalue weighted by molar-refractivity contribution is 5.94. The van der Waals surface area contributed by atoms with Crippen molar-refractivity contribution in [3.05, 3.63) is 23.8 Å². The number of halogens is 3. The molecular formula is C19H25F3N2O2. The summed E-state index contributed by atoms with van der Waals surface area (Å²) in [5.74, 6) is -0.266. The predicted molar refractivity (Wildman–Crippen MR) is 94.3 cm³/mol. The molecule has 2 heterocycles. The van der Waals surface area contributed by atoms with Crippen LogP contribution in [-0.4, -0.2) is 31.7 Å². The fourth-order valence-corrected chi connectivity index (χ4v) is 3.60. The Bertz CT molecular complexity index is 622. The molecule has 144 valence electrons. The van der Waals surface area contributed by atoms with E-state index < -0.39 is 11.7 Å². The molecule has 1 amide bonds. The normalized spacial score (nSPS) is 21.0. The molecular weight excluding hydrogens is 345 g/mol. The van der Waals surface area contributed by atoms with Gasteiger partial charge in [-0.2, -0.15) is 13.2 Å². The maximum absolute atomic E-state index is 13.1. The molecule has 1 aromatic carbocycles. The average molecular weight is 370 g/mol. The molecule has 0 saturated carbocycles. The van der Waals surface area contributed by atoms with Gasteiger partial charge in [0.25, 0.3) is 0 Å². The Morgan fingerprint density at radius 1 is 1.19 bits per heavy atom. The highest BCUT2D eigenvalue weighted by atomic mass is 19.4. The van der Waals surface area contributed by atoms with Crippen molar-refractivity contribution < 1.29 is 22.7 Å². The van der Waals surface area contributed by atoms with Gasteiger partial charge in [0.05, 0.1) is 23.0 Å². The second kappa shape index (κ2) is 8.29. The Labute approximate surface area is 151 Å². The number of rotatable bonds is 5. The third kappa shape index (κ3) is 4.90. The van der Waals surface area contributed by atoms with E-state index in [-0.39, 0.29) is 24.1 Å². The van der Waals surface area contributed by atoms with Crippen LogP contribution in [-0.2, 0) is 15.7 Å². The van der Waals surface area contributed by atoms with Gasteiger partial charge in [0.15, 0.2) is 0 Å². The van der Waals surface area contributed by atoms with E-state index in [0.717, 1.165) is 63.9 Å². The number of ether oxygens (including phenoxy) is 1. The summed E-state index contributed by atoms with van der Waals surface area (Å²) in [6, 6.07) is 3.61. The van der Waals surface area contributed by atoms with Crippen LogP contribution in [0.15, 0.2) is 18.2 Å². The van der Waals surface area contributed by atoms with Crippen LogP contribution >= 0.6 is 0 Å². The number of carbonyl (C=O) groups excluding carboxylic acids is 1. The number of carbonyl (C=O) groups is 1. The minimum absolute atomic E-state index is 0.0869. The summed E-state index contributed by atoms with van der Waals surface area (Å²) >= 11 is 0. The average Bonchev–Trinajstić information content (AvgIpc) is 3.13. The van der Waals surface area contributed by atoms with E-state index in [0.29, 0.717) is 12.1 Å². The minimum Gasteiger partial charge on any atom is -0.378 e. The first-order chi connectivity index (χ1) is 12.4. The predicted octanol–water partition coefficient (Wildman–Crippen LogP) is 4.59. The number of piperidine rings is 1. The van der Waals surface area contributed by atoms with Gasteiger partial charge in [0.1, 0.15) is 0 Å². The van der Waals surface area contributed by atoms with Crippen LogP contribution < -0.4 is 10.2 Å².